The molecule has 114 valence electrons. The third kappa shape index (κ3) is 6.25. The first kappa shape index (κ1) is 17.0. The topological polar surface area (TPSA) is 91.6 Å². The number of hydrogen-bond donors (Lipinski definition) is 2. The molecule has 0 heterocycles. The third-order valence-electron chi connectivity index (χ3n) is 2.88. The Morgan fingerprint density at radius 1 is 1.48 bits per heavy atom. The summed E-state index contributed by atoms with van der Waals surface area (Å²) in [5.74, 6) is 0.00160. The highest BCUT2D eigenvalue weighted by atomic mass is 16.5. The van der Waals surface area contributed by atoms with Gasteiger partial charge in [-0.3, -0.25) is 4.79 Å². The summed E-state index contributed by atoms with van der Waals surface area (Å²) in [6, 6.07) is 8.67. The summed E-state index contributed by atoms with van der Waals surface area (Å²) in [5, 5.41) is 21.5. The normalized spacial score (nSPS) is 13.0. The molecule has 0 spiro atoms. The van der Waals surface area contributed by atoms with Crippen LogP contribution >= 0.6 is 0 Å². The van der Waals surface area contributed by atoms with E-state index in [1.165, 1.54) is 0 Å². The van der Waals surface area contributed by atoms with E-state index in [2.05, 4.69) is 5.32 Å². The Morgan fingerprint density at radius 2 is 2.19 bits per heavy atom. The maximum Gasteiger partial charge on any atom is 0.258 e. The van der Waals surface area contributed by atoms with Gasteiger partial charge in [0.25, 0.3) is 5.91 Å². The first-order chi connectivity index (χ1) is 9.98. The Balaban J connectivity index is 2.39. The summed E-state index contributed by atoms with van der Waals surface area (Å²) in [5.41, 5.74) is -0.659. The molecule has 1 aromatic carbocycles. The molecule has 21 heavy (non-hydrogen) atoms. The van der Waals surface area contributed by atoms with Gasteiger partial charge in [0.15, 0.2) is 6.61 Å². The van der Waals surface area contributed by atoms with Gasteiger partial charge in [-0.05, 0) is 19.1 Å². The van der Waals surface area contributed by atoms with Gasteiger partial charge in [0.2, 0.25) is 0 Å². The van der Waals surface area contributed by atoms with Crippen LogP contribution < -0.4 is 10.1 Å². The van der Waals surface area contributed by atoms with Gasteiger partial charge in [-0.15, -0.1) is 0 Å². The standard InChI is InChI=1S/C15H20N2O4/c1-15(19,7-8-20-2)11-17-14(18)10-21-13-6-4-3-5-12(13)9-16/h3-6,19H,7-8,10-11H2,1-2H3,(H,17,18). The molecule has 0 aliphatic rings. The number of amides is 1. The summed E-state index contributed by atoms with van der Waals surface area (Å²) in [4.78, 5) is 11.7. The molecule has 1 atom stereocenters. The van der Waals surface area contributed by atoms with Crippen molar-refractivity contribution in [3.05, 3.63) is 29.8 Å². The van der Waals surface area contributed by atoms with Gasteiger partial charge < -0.3 is 19.9 Å². The maximum atomic E-state index is 11.7. The van der Waals surface area contributed by atoms with Crippen molar-refractivity contribution in [2.24, 2.45) is 0 Å². The molecule has 0 fully saturated rings. The van der Waals surface area contributed by atoms with Crippen molar-refractivity contribution < 1.29 is 19.4 Å². The van der Waals surface area contributed by atoms with Crippen molar-refractivity contribution in [1.82, 2.24) is 5.32 Å². The van der Waals surface area contributed by atoms with Crippen LogP contribution in [0.2, 0.25) is 0 Å². The number of nitrogens with one attached hydrogen (secondary N) is 1. The van der Waals surface area contributed by atoms with E-state index in [0.717, 1.165) is 0 Å². The predicted octanol–water partition coefficient (Wildman–Crippen LogP) is 0.841. The molecule has 1 unspecified atom stereocenters. The Bertz CT molecular complexity index is 509. The number of carbonyl (C=O) groups excluding carboxylic acids is 1. The van der Waals surface area contributed by atoms with Crippen LogP contribution in [0.1, 0.15) is 18.9 Å². The first-order valence-electron chi connectivity index (χ1n) is 6.58. The van der Waals surface area contributed by atoms with Crippen LogP contribution in [0.15, 0.2) is 24.3 Å². The van der Waals surface area contributed by atoms with Crippen LogP contribution in [0.3, 0.4) is 0 Å². The van der Waals surface area contributed by atoms with Crippen LogP contribution in [0.5, 0.6) is 5.75 Å². The smallest absolute Gasteiger partial charge is 0.258 e. The molecule has 0 aliphatic heterocycles. The monoisotopic (exact) mass is 292 g/mol. The molecule has 6 heteroatoms. The summed E-state index contributed by atoms with van der Waals surface area (Å²) in [6.45, 7) is 1.94. The fourth-order valence-corrected chi connectivity index (χ4v) is 1.58. The molecule has 0 bridgehead atoms. The number of aliphatic hydroxyl groups is 1. The number of benzene rings is 1. The van der Waals surface area contributed by atoms with Crippen molar-refractivity contribution >= 4 is 5.91 Å². The fraction of sp³-hybridized carbons (Fsp3) is 0.467. The molecule has 1 aromatic rings. The zero-order valence-corrected chi connectivity index (χ0v) is 12.3. The number of ether oxygens (including phenoxy) is 2. The zero-order chi connectivity index (χ0) is 15.7. The van der Waals surface area contributed by atoms with Crippen LogP contribution in [0.4, 0.5) is 0 Å². The molecule has 0 aromatic heterocycles. The predicted molar refractivity (Wildman–Crippen MR) is 76.8 cm³/mol. The minimum absolute atomic E-state index is 0.110. The van der Waals surface area contributed by atoms with Crippen LogP contribution in [0.25, 0.3) is 0 Å². The van der Waals surface area contributed by atoms with Crippen molar-refractivity contribution in [1.29, 1.82) is 5.26 Å². The van der Waals surface area contributed by atoms with Crippen LogP contribution in [-0.2, 0) is 9.53 Å². The molecule has 0 saturated carbocycles. The highest BCUT2D eigenvalue weighted by Gasteiger charge is 2.20. The van der Waals surface area contributed by atoms with E-state index < -0.39 is 5.60 Å². The minimum atomic E-state index is -1.03. The van der Waals surface area contributed by atoms with Gasteiger partial charge in [-0.25, -0.2) is 0 Å². The Labute approximate surface area is 124 Å². The zero-order valence-electron chi connectivity index (χ0n) is 12.3. The lowest BCUT2D eigenvalue weighted by Crippen LogP contribution is -2.42. The van der Waals surface area contributed by atoms with Crippen molar-refractivity contribution in [2.45, 2.75) is 18.9 Å². The maximum absolute atomic E-state index is 11.7. The summed E-state index contributed by atoms with van der Waals surface area (Å²) in [6.07, 6.45) is 0.419. The summed E-state index contributed by atoms with van der Waals surface area (Å²) < 4.78 is 10.2. The van der Waals surface area contributed by atoms with Crippen molar-refractivity contribution in [3.63, 3.8) is 0 Å². The minimum Gasteiger partial charge on any atom is -0.482 e. The average Bonchev–Trinajstić information content (AvgIpc) is 2.49. The number of para-hydroxylation sites is 1. The van der Waals surface area contributed by atoms with Crippen LogP contribution in [0, 0.1) is 11.3 Å². The Kier molecular flexibility index (Phi) is 6.66. The average molecular weight is 292 g/mol. The van der Waals surface area contributed by atoms with E-state index in [1.54, 1.807) is 38.3 Å². The number of nitrogens with zero attached hydrogens (tertiary/aromatic N) is 1. The highest BCUT2D eigenvalue weighted by molar-refractivity contribution is 5.77. The number of methoxy groups -OCH3 is 1. The Hall–Kier alpha value is -2.10. The summed E-state index contributed by atoms with van der Waals surface area (Å²) >= 11 is 0. The van der Waals surface area contributed by atoms with E-state index in [-0.39, 0.29) is 19.1 Å². The molecule has 2 N–H and O–H groups in total. The molecular weight excluding hydrogens is 272 g/mol. The molecule has 1 rings (SSSR count). The molecular formula is C15H20N2O4. The largest absolute Gasteiger partial charge is 0.482 e. The fourth-order valence-electron chi connectivity index (χ4n) is 1.58. The first-order valence-corrected chi connectivity index (χ1v) is 6.58. The van der Waals surface area contributed by atoms with E-state index in [4.69, 9.17) is 14.7 Å². The van der Waals surface area contributed by atoms with E-state index in [1.807, 2.05) is 6.07 Å². The van der Waals surface area contributed by atoms with Crippen molar-refractivity contribution in [2.75, 3.05) is 26.9 Å². The van der Waals surface area contributed by atoms with E-state index in [0.29, 0.717) is 24.3 Å². The Morgan fingerprint density at radius 3 is 2.86 bits per heavy atom. The van der Waals surface area contributed by atoms with Gasteiger partial charge in [0.05, 0.1) is 11.2 Å². The second kappa shape index (κ2) is 8.25. The number of nitriles is 1. The molecule has 0 saturated heterocycles. The third-order valence-corrected chi connectivity index (χ3v) is 2.88. The van der Waals surface area contributed by atoms with Gasteiger partial charge in [0.1, 0.15) is 11.8 Å². The lowest BCUT2D eigenvalue weighted by molar-refractivity contribution is -0.124. The quantitative estimate of drug-likeness (QED) is 0.741. The lowest BCUT2D eigenvalue weighted by atomic mass is 10.0. The lowest BCUT2D eigenvalue weighted by Gasteiger charge is -2.23. The van der Waals surface area contributed by atoms with Crippen LogP contribution in [-0.4, -0.2) is 43.5 Å². The van der Waals surface area contributed by atoms with Crippen molar-refractivity contribution in [3.8, 4) is 11.8 Å². The second-order valence-corrected chi connectivity index (χ2v) is 4.91. The second-order valence-electron chi connectivity index (χ2n) is 4.91. The van der Waals surface area contributed by atoms with Gasteiger partial charge in [0, 0.05) is 26.7 Å². The number of hydrogen-bond acceptors (Lipinski definition) is 5. The van der Waals surface area contributed by atoms with Gasteiger partial charge in [-0.1, -0.05) is 12.1 Å². The van der Waals surface area contributed by atoms with Gasteiger partial charge in [-0.2, -0.15) is 5.26 Å². The van der Waals surface area contributed by atoms with E-state index in [9.17, 15) is 9.90 Å². The van der Waals surface area contributed by atoms with E-state index >= 15 is 0 Å². The summed E-state index contributed by atoms with van der Waals surface area (Å²) in [7, 11) is 1.55. The molecule has 1 amide bonds. The number of carbonyl (C=O) groups is 1. The highest BCUT2D eigenvalue weighted by Crippen LogP contribution is 2.16. The van der Waals surface area contributed by atoms with Gasteiger partial charge >= 0.3 is 0 Å². The molecule has 6 nitrogen and oxygen atoms in total. The molecule has 0 aliphatic carbocycles. The molecule has 0 radical (unpaired) electrons. The SMILES string of the molecule is COCCC(C)(O)CNC(=O)COc1ccccc1C#N. The number of rotatable bonds is 8.